The molecule has 1 unspecified atom stereocenters. The highest BCUT2D eigenvalue weighted by Crippen LogP contribution is 2.32. The first-order chi connectivity index (χ1) is 15.5. The predicted octanol–water partition coefficient (Wildman–Crippen LogP) is 3.99. The maximum Gasteiger partial charge on any atom is 0.267 e. The van der Waals surface area contributed by atoms with E-state index in [1.165, 1.54) is 6.33 Å². The fourth-order valence-corrected chi connectivity index (χ4v) is 3.89. The van der Waals surface area contributed by atoms with Crippen molar-refractivity contribution in [3.8, 4) is 11.3 Å². The average molecular weight is 432 g/mol. The van der Waals surface area contributed by atoms with E-state index in [0.717, 1.165) is 40.7 Å². The third kappa shape index (κ3) is 4.00. The summed E-state index contributed by atoms with van der Waals surface area (Å²) in [5.41, 5.74) is 9.92. The zero-order valence-corrected chi connectivity index (χ0v) is 19.0. The molecule has 4 aromatic rings. The standard InChI is InChI=1S/C22H23N7O.C2H6/c1-13-19-21(23)24-12-25-22(19)29(26-13)14(2)17-10-18(30)28(11-15-8-9-15)27-20(17)16-6-4-3-5-7-16;1-2/h3-7,10,12,14-15H,8-9,11H2,1-2H3,(H2,23,24,25);1-2H3. The summed E-state index contributed by atoms with van der Waals surface area (Å²) in [5.74, 6) is 0.955. The summed E-state index contributed by atoms with van der Waals surface area (Å²) in [6.07, 6.45) is 3.76. The van der Waals surface area contributed by atoms with Crippen molar-refractivity contribution in [1.29, 1.82) is 0 Å². The summed E-state index contributed by atoms with van der Waals surface area (Å²) >= 11 is 0. The number of aromatic nitrogens is 6. The molecular formula is C24H29N7O. The molecule has 3 heterocycles. The van der Waals surface area contributed by atoms with Crippen LogP contribution < -0.4 is 11.3 Å². The second-order valence-corrected chi connectivity index (χ2v) is 7.94. The van der Waals surface area contributed by atoms with Crippen LogP contribution in [0.15, 0.2) is 47.5 Å². The van der Waals surface area contributed by atoms with Crippen molar-refractivity contribution in [2.24, 2.45) is 5.92 Å². The summed E-state index contributed by atoms with van der Waals surface area (Å²) in [4.78, 5) is 21.4. The van der Waals surface area contributed by atoms with Crippen LogP contribution >= 0.6 is 0 Å². The quantitative estimate of drug-likeness (QED) is 0.512. The topological polar surface area (TPSA) is 105 Å². The Labute approximate surface area is 187 Å². The molecule has 3 aromatic heterocycles. The minimum atomic E-state index is -0.263. The van der Waals surface area contributed by atoms with Gasteiger partial charge in [0.05, 0.1) is 22.8 Å². The number of benzene rings is 1. The average Bonchev–Trinajstić information content (AvgIpc) is 3.57. The van der Waals surface area contributed by atoms with Crippen LogP contribution in [0.1, 0.15) is 50.9 Å². The SMILES string of the molecule is CC.Cc1nn(C(C)c2cc(=O)n(CC3CC3)nc2-c2ccccc2)c2ncnc(N)c12. The molecule has 5 rings (SSSR count). The number of hydrogen-bond acceptors (Lipinski definition) is 6. The lowest BCUT2D eigenvalue weighted by Gasteiger charge is -2.18. The monoisotopic (exact) mass is 431 g/mol. The van der Waals surface area contributed by atoms with Crippen molar-refractivity contribution < 1.29 is 0 Å². The van der Waals surface area contributed by atoms with E-state index in [-0.39, 0.29) is 11.6 Å². The molecule has 8 nitrogen and oxygen atoms in total. The minimum Gasteiger partial charge on any atom is -0.383 e. The lowest BCUT2D eigenvalue weighted by molar-refractivity contribution is 0.521. The molecule has 2 N–H and O–H groups in total. The van der Waals surface area contributed by atoms with Crippen molar-refractivity contribution in [2.75, 3.05) is 5.73 Å². The number of nitrogens with two attached hydrogens (primary N) is 1. The van der Waals surface area contributed by atoms with Gasteiger partial charge in [-0.3, -0.25) is 4.79 Å². The highest BCUT2D eigenvalue weighted by atomic mass is 16.1. The van der Waals surface area contributed by atoms with E-state index >= 15 is 0 Å². The molecule has 1 atom stereocenters. The summed E-state index contributed by atoms with van der Waals surface area (Å²) in [6.45, 7) is 8.55. The van der Waals surface area contributed by atoms with Gasteiger partial charge in [-0.15, -0.1) is 0 Å². The van der Waals surface area contributed by atoms with E-state index in [1.807, 2.05) is 58.0 Å². The Morgan fingerprint density at radius 2 is 1.84 bits per heavy atom. The van der Waals surface area contributed by atoms with Gasteiger partial charge in [-0.1, -0.05) is 44.2 Å². The normalized spacial score (nSPS) is 14.1. The van der Waals surface area contributed by atoms with Gasteiger partial charge >= 0.3 is 0 Å². The number of nitrogen functional groups attached to an aromatic ring is 1. The van der Waals surface area contributed by atoms with Crippen LogP contribution in [0.3, 0.4) is 0 Å². The number of fused-ring (bicyclic) bond motifs is 1. The Kier molecular flexibility index (Phi) is 6.03. The Hall–Kier alpha value is -3.55. The van der Waals surface area contributed by atoms with Gasteiger partial charge in [0.1, 0.15) is 12.1 Å². The summed E-state index contributed by atoms with van der Waals surface area (Å²) in [5, 5.41) is 10.2. The van der Waals surface area contributed by atoms with Gasteiger partial charge in [-0.25, -0.2) is 19.3 Å². The smallest absolute Gasteiger partial charge is 0.267 e. The Morgan fingerprint density at radius 1 is 1.12 bits per heavy atom. The van der Waals surface area contributed by atoms with Crippen LogP contribution in [0.5, 0.6) is 0 Å². The molecule has 1 saturated carbocycles. The first kappa shape index (κ1) is 21.7. The Bertz CT molecular complexity index is 1290. The zero-order valence-electron chi connectivity index (χ0n) is 19.0. The van der Waals surface area contributed by atoms with Crippen molar-refractivity contribution >= 4 is 16.9 Å². The second-order valence-electron chi connectivity index (χ2n) is 7.94. The molecular weight excluding hydrogens is 402 g/mol. The Balaban J connectivity index is 0.00000119. The van der Waals surface area contributed by atoms with Crippen molar-refractivity contribution in [1.82, 2.24) is 29.5 Å². The molecule has 0 radical (unpaired) electrons. The van der Waals surface area contributed by atoms with Crippen LogP contribution in [-0.4, -0.2) is 29.5 Å². The van der Waals surface area contributed by atoms with Crippen molar-refractivity contribution in [3.63, 3.8) is 0 Å². The summed E-state index contributed by atoms with van der Waals surface area (Å²) in [6, 6.07) is 11.4. The lowest BCUT2D eigenvalue weighted by atomic mass is 10.0. The van der Waals surface area contributed by atoms with E-state index in [4.69, 9.17) is 10.8 Å². The van der Waals surface area contributed by atoms with Crippen LogP contribution in [0, 0.1) is 12.8 Å². The van der Waals surface area contributed by atoms with E-state index in [9.17, 15) is 4.79 Å². The lowest BCUT2D eigenvalue weighted by Crippen LogP contribution is -2.26. The maximum atomic E-state index is 12.9. The number of aryl methyl sites for hydroxylation is 1. The van der Waals surface area contributed by atoms with E-state index in [0.29, 0.717) is 23.9 Å². The van der Waals surface area contributed by atoms with Gasteiger partial charge in [0, 0.05) is 23.7 Å². The highest BCUT2D eigenvalue weighted by Gasteiger charge is 2.26. The van der Waals surface area contributed by atoms with Crippen molar-refractivity contribution in [3.05, 3.63) is 64.3 Å². The zero-order chi connectivity index (χ0) is 22.8. The molecule has 32 heavy (non-hydrogen) atoms. The molecule has 0 amide bonds. The van der Waals surface area contributed by atoms with E-state index in [1.54, 1.807) is 15.4 Å². The van der Waals surface area contributed by atoms with E-state index in [2.05, 4.69) is 15.1 Å². The first-order valence-corrected chi connectivity index (χ1v) is 11.2. The van der Waals surface area contributed by atoms with Gasteiger partial charge in [-0.05, 0) is 32.6 Å². The molecule has 1 aromatic carbocycles. The van der Waals surface area contributed by atoms with Gasteiger partial charge < -0.3 is 5.73 Å². The second kappa shape index (κ2) is 8.90. The van der Waals surface area contributed by atoms with Crippen LogP contribution in [-0.2, 0) is 6.54 Å². The molecule has 8 heteroatoms. The van der Waals surface area contributed by atoms with Gasteiger partial charge in [0.2, 0.25) is 0 Å². The Morgan fingerprint density at radius 3 is 2.53 bits per heavy atom. The van der Waals surface area contributed by atoms with Gasteiger partial charge in [-0.2, -0.15) is 10.2 Å². The molecule has 0 aliphatic heterocycles. The highest BCUT2D eigenvalue weighted by molar-refractivity contribution is 5.88. The first-order valence-electron chi connectivity index (χ1n) is 11.2. The molecule has 0 spiro atoms. The summed E-state index contributed by atoms with van der Waals surface area (Å²) in [7, 11) is 0. The molecule has 166 valence electrons. The molecule has 1 aliphatic carbocycles. The van der Waals surface area contributed by atoms with Crippen molar-refractivity contribution in [2.45, 2.75) is 53.1 Å². The molecule has 1 fully saturated rings. The number of anilines is 1. The number of nitrogens with zero attached hydrogens (tertiary/aromatic N) is 6. The fraction of sp³-hybridized carbons (Fsp3) is 0.375. The van der Waals surface area contributed by atoms with E-state index < -0.39 is 0 Å². The molecule has 0 bridgehead atoms. The van der Waals surface area contributed by atoms with Crippen LogP contribution in [0.2, 0.25) is 0 Å². The minimum absolute atomic E-state index is 0.0919. The fourth-order valence-electron chi connectivity index (χ4n) is 3.89. The molecule has 1 aliphatic rings. The van der Waals surface area contributed by atoms with Crippen LogP contribution in [0.4, 0.5) is 5.82 Å². The number of hydrogen-bond donors (Lipinski definition) is 1. The third-order valence-electron chi connectivity index (χ3n) is 5.71. The maximum absolute atomic E-state index is 12.9. The predicted molar refractivity (Wildman–Crippen MR) is 126 cm³/mol. The molecule has 0 saturated heterocycles. The largest absolute Gasteiger partial charge is 0.383 e. The van der Waals surface area contributed by atoms with Crippen LogP contribution in [0.25, 0.3) is 22.3 Å². The third-order valence-corrected chi connectivity index (χ3v) is 5.71. The summed E-state index contributed by atoms with van der Waals surface area (Å²) < 4.78 is 3.40. The van der Waals surface area contributed by atoms with Gasteiger partial charge in [0.25, 0.3) is 5.56 Å². The van der Waals surface area contributed by atoms with Gasteiger partial charge in [0.15, 0.2) is 5.65 Å². The number of rotatable bonds is 5.